The Labute approximate surface area is 584 Å². The predicted octanol–water partition coefficient (Wildman–Crippen LogP) is 21.9. The van der Waals surface area contributed by atoms with Crippen LogP contribution < -0.4 is 0 Å². The molecule has 0 saturated heterocycles. The van der Waals surface area contributed by atoms with Crippen molar-refractivity contribution in [3.05, 3.63) is 60.8 Å². The van der Waals surface area contributed by atoms with Gasteiger partial charge in [0.15, 0.2) is 12.2 Å². The summed E-state index contributed by atoms with van der Waals surface area (Å²) in [5.41, 5.74) is 0. The molecule has 560 valence electrons. The minimum atomic E-state index is -4.97. The Hall–Kier alpha value is -3.24. The molecule has 0 aromatic carbocycles. The number of hydrogen-bond donors (Lipinski definition) is 3. The summed E-state index contributed by atoms with van der Waals surface area (Å²) >= 11 is 0. The van der Waals surface area contributed by atoms with Gasteiger partial charge in [0.05, 0.1) is 26.4 Å². The van der Waals surface area contributed by atoms with E-state index in [1.165, 1.54) is 116 Å². The van der Waals surface area contributed by atoms with Crippen molar-refractivity contribution in [2.75, 3.05) is 39.6 Å². The molecule has 0 aliphatic heterocycles. The van der Waals surface area contributed by atoms with Gasteiger partial charge >= 0.3 is 39.5 Å². The van der Waals surface area contributed by atoms with Crippen molar-refractivity contribution in [2.24, 2.45) is 0 Å². The SMILES string of the molecule is CCCCC/C=C\C/C=C\CCCCCCCC(=O)OC[C@H](COP(=O)(O)OC[C@H](O)COP(=O)(O)OC[C@@H](COC(=O)CCCCCCC/C=C\CCCCCC)OC(=O)CCCCCCCCCCCCCCC)OC(=O)CCCCCCC/C=C\C/C=C\CCCCC. The fraction of sp³-hybridized carbons (Fsp3) is 0.818. The quantitative estimate of drug-likeness (QED) is 0.0169. The van der Waals surface area contributed by atoms with E-state index in [0.29, 0.717) is 25.7 Å². The maximum absolute atomic E-state index is 13.1. The lowest BCUT2D eigenvalue weighted by molar-refractivity contribution is -0.161. The third-order valence-corrected chi connectivity index (χ3v) is 18.4. The molecular weight excluding hydrogens is 1260 g/mol. The van der Waals surface area contributed by atoms with E-state index in [2.05, 4.69) is 88.5 Å². The van der Waals surface area contributed by atoms with Gasteiger partial charge in [0.25, 0.3) is 0 Å². The topological polar surface area (TPSA) is 237 Å². The number of carbonyl (C=O) groups excluding carboxylic acids is 4. The molecule has 2 unspecified atom stereocenters. The third-order valence-electron chi connectivity index (χ3n) is 16.5. The van der Waals surface area contributed by atoms with E-state index in [9.17, 15) is 43.2 Å². The van der Waals surface area contributed by atoms with Crippen LogP contribution in [0.25, 0.3) is 0 Å². The Morgan fingerprint density at radius 2 is 0.510 bits per heavy atom. The monoisotopic (exact) mass is 1400 g/mol. The fourth-order valence-electron chi connectivity index (χ4n) is 10.5. The van der Waals surface area contributed by atoms with Crippen LogP contribution in [0.1, 0.15) is 349 Å². The molecule has 0 aromatic rings. The first-order valence-corrected chi connectivity index (χ1v) is 41.5. The van der Waals surface area contributed by atoms with Crippen LogP contribution in [0, 0.1) is 0 Å². The second-order valence-electron chi connectivity index (χ2n) is 25.9. The molecule has 0 bridgehead atoms. The third kappa shape index (κ3) is 69.2. The number of ether oxygens (including phenoxy) is 4. The Balaban J connectivity index is 5.34. The van der Waals surface area contributed by atoms with Gasteiger partial charge in [0.2, 0.25) is 0 Å². The number of aliphatic hydroxyl groups is 1. The van der Waals surface area contributed by atoms with Gasteiger partial charge in [-0.15, -0.1) is 0 Å². The molecule has 0 fully saturated rings. The molecule has 96 heavy (non-hydrogen) atoms. The molecule has 19 heteroatoms. The van der Waals surface area contributed by atoms with Gasteiger partial charge in [-0.25, -0.2) is 9.13 Å². The van der Waals surface area contributed by atoms with Crippen molar-refractivity contribution in [3.8, 4) is 0 Å². The highest BCUT2D eigenvalue weighted by atomic mass is 31.2. The zero-order valence-electron chi connectivity index (χ0n) is 61.1. The zero-order valence-corrected chi connectivity index (χ0v) is 62.8. The fourth-order valence-corrected chi connectivity index (χ4v) is 12.1. The van der Waals surface area contributed by atoms with E-state index in [0.717, 1.165) is 154 Å². The van der Waals surface area contributed by atoms with Crippen molar-refractivity contribution < 1.29 is 80.2 Å². The number of rotatable bonds is 73. The average molecular weight is 1400 g/mol. The van der Waals surface area contributed by atoms with E-state index in [1.54, 1.807) is 0 Å². The normalized spacial score (nSPS) is 14.3. The van der Waals surface area contributed by atoms with Crippen LogP contribution >= 0.6 is 15.6 Å². The molecule has 0 rings (SSSR count). The second kappa shape index (κ2) is 70.2. The average Bonchev–Trinajstić information content (AvgIpc) is 1.36. The van der Waals surface area contributed by atoms with Crippen LogP contribution in [-0.4, -0.2) is 96.7 Å². The van der Waals surface area contributed by atoms with E-state index < -0.39 is 97.5 Å². The van der Waals surface area contributed by atoms with Crippen molar-refractivity contribution in [3.63, 3.8) is 0 Å². The summed E-state index contributed by atoms with van der Waals surface area (Å²) in [5.74, 6) is -2.19. The molecule has 5 atom stereocenters. The number of phosphoric ester groups is 2. The molecule has 3 N–H and O–H groups in total. The van der Waals surface area contributed by atoms with Crippen LogP contribution in [0.5, 0.6) is 0 Å². The second-order valence-corrected chi connectivity index (χ2v) is 28.9. The molecule has 0 aliphatic rings. The van der Waals surface area contributed by atoms with Crippen LogP contribution in [0.3, 0.4) is 0 Å². The van der Waals surface area contributed by atoms with Gasteiger partial charge in [-0.05, 0) is 116 Å². The summed E-state index contributed by atoms with van der Waals surface area (Å²) in [5, 5.41) is 10.6. The minimum Gasteiger partial charge on any atom is -0.462 e. The van der Waals surface area contributed by atoms with Gasteiger partial charge in [0.1, 0.15) is 19.3 Å². The molecule has 0 aliphatic carbocycles. The Morgan fingerprint density at radius 3 is 0.812 bits per heavy atom. The lowest BCUT2D eigenvalue weighted by Gasteiger charge is -2.21. The summed E-state index contributed by atoms with van der Waals surface area (Å²) < 4.78 is 68.5. The Morgan fingerprint density at radius 1 is 0.292 bits per heavy atom. The highest BCUT2D eigenvalue weighted by molar-refractivity contribution is 7.47. The summed E-state index contributed by atoms with van der Waals surface area (Å²) in [6, 6.07) is 0. The lowest BCUT2D eigenvalue weighted by Crippen LogP contribution is -2.30. The van der Waals surface area contributed by atoms with Crippen LogP contribution in [0.2, 0.25) is 0 Å². The molecule has 17 nitrogen and oxygen atoms in total. The van der Waals surface area contributed by atoms with Gasteiger partial charge in [-0.1, -0.05) is 268 Å². The summed E-state index contributed by atoms with van der Waals surface area (Å²) in [6.45, 7) is 4.82. The zero-order chi connectivity index (χ0) is 70.4. The summed E-state index contributed by atoms with van der Waals surface area (Å²) in [6.07, 6.45) is 67.7. The number of allylic oxidation sites excluding steroid dienone is 10. The van der Waals surface area contributed by atoms with Gasteiger partial charge in [-0.2, -0.15) is 0 Å². The first-order chi connectivity index (χ1) is 46.7. The Kier molecular flexibility index (Phi) is 67.8. The van der Waals surface area contributed by atoms with Gasteiger partial charge < -0.3 is 33.8 Å². The van der Waals surface area contributed by atoms with Gasteiger partial charge in [-0.3, -0.25) is 37.3 Å². The van der Waals surface area contributed by atoms with E-state index >= 15 is 0 Å². The van der Waals surface area contributed by atoms with Crippen molar-refractivity contribution in [2.45, 2.75) is 367 Å². The molecule has 0 spiro atoms. The molecule has 0 radical (unpaired) electrons. The predicted molar refractivity (Wildman–Crippen MR) is 390 cm³/mol. The number of esters is 4. The maximum atomic E-state index is 13.1. The van der Waals surface area contributed by atoms with E-state index in [-0.39, 0.29) is 25.7 Å². The molecule has 0 heterocycles. The van der Waals surface area contributed by atoms with Crippen LogP contribution in [0.4, 0.5) is 0 Å². The number of unbranched alkanes of at least 4 members (excludes halogenated alkanes) is 37. The highest BCUT2D eigenvalue weighted by Crippen LogP contribution is 2.45. The molecular formula is C77H140O17P2. The summed E-state index contributed by atoms with van der Waals surface area (Å²) in [4.78, 5) is 72.8. The first-order valence-electron chi connectivity index (χ1n) is 38.5. The van der Waals surface area contributed by atoms with Crippen LogP contribution in [0.15, 0.2) is 60.8 Å². The standard InChI is InChI=1S/C77H140O17P2/c1-5-9-13-17-21-25-29-33-35-39-42-46-50-54-58-62-75(80)88-68-73(94-77(82)64-60-56-52-48-44-40-36-34-30-26-22-18-14-10-6-2)70-92-96(85,86)90-66-71(78)65-89-95(83,84)91-69-72(93-76(81)63-59-55-51-47-43-38-32-28-24-20-16-12-8-4)67-87-74(79)61-57-53-49-45-41-37-31-27-23-19-15-11-7-3/h21-22,25-27,31,33-36,71-73,78H,5-20,23-24,28-30,32,37-70H2,1-4H3,(H,83,84)(H,85,86)/b25-21-,26-22-,31-27-,35-33-,36-34-/t71-,72-,73-/m1/s1. The number of aliphatic hydroxyl groups excluding tert-OH is 1. The van der Waals surface area contributed by atoms with E-state index in [4.69, 9.17) is 37.0 Å². The number of phosphoric acid groups is 2. The van der Waals surface area contributed by atoms with Crippen molar-refractivity contribution in [1.29, 1.82) is 0 Å². The first kappa shape index (κ1) is 92.8. The highest BCUT2D eigenvalue weighted by Gasteiger charge is 2.30. The van der Waals surface area contributed by atoms with E-state index in [1.807, 2.05) is 0 Å². The Bertz CT molecular complexity index is 2060. The minimum absolute atomic E-state index is 0.0792. The molecule has 0 saturated carbocycles. The van der Waals surface area contributed by atoms with Crippen molar-refractivity contribution in [1.82, 2.24) is 0 Å². The largest absolute Gasteiger partial charge is 0.472 e. The lowest BCUT2D eigenvalue weighted by atomic mass is 10.0. The molecule has 0 aromatic heterocycles. The van der Waals surface area contributed by atoms with Gasteiger partial charge in [0, 0.05) is 25.7 Å². The van der Waals surface area contributed by atoms with Crippen LogP contribution in [-0.2, 0) is 65.4 Å². The smallest absolute Gasteiger partial charge is 0.462 e. The maximum Gasteiger partial charge on any atom is 0.472 e. The number of carbonyl (C=O) groups is 4. The van der Waals surface area contributed by atoms with Crippen molar-refractivity contribution >= 4 is 39.5 Å². The number of hydrogen-bond acceptors (Lipinski definition) is 15. The molecule has 0 amide bonds. The summed E-state index contributed by atoms with van der Waals surface area (Å²) in [7, 11) is -9.94.